The zero-order chi connectivity index (χ0) is 13.5. The topological polar surface area (TPSA) is 138 Å². The van der Waals surface area contributed by atoms with Gasteiger partial charge in [0.15, 0.2) is 6.29 Å². The van der Waals surface area contributed by atoms with Gasteiger partial charge in [-0.15, -0.1) is 0 Å². The van der Waals surface area contributed by atoms with E-state index in [0.717, 1.165) is 0 Å². The molecular weight excluding hydrogens is 263 g/mol. The van der Waals surface area contributed by atoms with Crippen molar-refractivity contribution < 1.29 is 28.9 Å². The number of nitrogens with two attached hydrogens (primary N) is 1. The molecule has 0 bridgehead atoms. The maximum Gasteiger partial charge on any atom is 0.332 e. The van der Waals surface area contributed by atoms with E-state index in [2.05, 4.69) is 0 Å². The van der Waals surface area contributed by atoms with Gasteiger partial charge in [-0.3, -0.25) is 4.52 Å². The van der Waals surface area contributed by atoms with Gasteiger partial charge in [0, 0.05) is 13.0 Å². The van der Waals surface area contributed by atoms with Crippen molar-refractivity contribution in [2.45, 2.75) is 37.4 Å². The molecule has 1 aliphatic heterocycles. The summed E-state index contributed by atoms with van der Waals surface area (Å²) in [6.07, 6.45) is -3.59. The van der Waals surface area contributed by atoms with Crippen LogP contribution in [0, 0.1) is 11.3 Å². The first-order valence-corrected chi connectivity index (χ1v) is 6.58. The normalized spacial score (nSPS) is 33.9. The van der Waals surface area contributed by atoms with Gasteiger partial charge in [0.05, 0.1) is 25.2 Å². The summed E-state index contributed by atoms with van der Waals surface area (Å²) in [7, 11) is -2.18. The minimum Gasteiger partial charge on any atom is -0.390 e. The predicted octanol–water partition coefficient (Wildman–Crippen LogP) is -1.05. The van der Waals surface area contributed by atoms with Crippen molar-refractivity contribution in [1.82, 2.24) is 0 Å². The molecule has 0 saturated carbocycles. The Labute approximate surface area is 106 Å². The molecular formula is C9H17N2O6P. The Morgan fingerprint density at radius 1 is 1.50 bits per heavy atom. The van der Waals surface area contributed by atoms with Gasteiger partial charge in [0.2, 0.25) is 0 Å². The van der Waals surface area contributed by atoms with Crippen LogP contribution in [0.15, 0.2) is 0 Å². The second-order valence-corrected chi connectivity index (χ2v) is 4.66. The first-order valence-electron chi connectivity index (χ1n) is 5.45. The molecule has 9 heteroatoms. The lowest BCUT2D eigenvalue weighted by atomic mass is 10.0. The Morgan fingerprint density at radius 3 is 2.83 bits per heavy atom. The molecule has 0 aromatic carbocycles. The van der Waals surface area contributed by atoms with E-state index in [1.54, 1.807) is 0 Å². The molecule has 5 atom stereocenters. The molecule has 0 amide bonds. The largest absolute Gasteiger partial charge is 0.390 e. The maximum atomic E-state index is 9.55. The lowest BCUT2D eigenvalue weighted by molar-refractivity contribution is -0.220. The molecule has 0 aromatic heterocycles. The molecule has 1 saturated heterocycles. The standard InChI is InChI=1S/C9H17N2O6P/c10-2-1-3-15-18(14)17-8-4-6(12)9(13)7(5-11)16-8/h6-9,12-14H,1,3-5,11H2/t6?,7?,8-,9+,18?/m1/s1. The highest BCUT2D eigenvalue weighted by Crippen LogP contribution is 2.37. The van der Waals surface area contributed by atoms with Crippen molar-refractivity contribution in [1.29, 1.82) is 5.26 Å². The molecule has 8 nitrogen and oxygen atoms in total. The first-order chi connectivity index (χ1) is 8.58. The smallest absolute Gasteiger partial charge is 0.332 e. The van der Waals surface area contributed by atoms with E-state index in [-0.39, 0.29) is 26.0 Å². The third-order valence-corrected chi connectivity index (χ3v) is 3.21. The molecule has 1 heterocycles. The van der Waals surface area contributed by atoms with E-state index < -0.39 is 33.2 Å². The summed E-state index contributed by atoms with van der Waals surface area (Å²) in [6, 6.07) is 1.85. The first kappa shape index (κ1) is 15.7. The van der Waals surface area contributed by atoms with Crippen LogP contribution in [0.25, 0.3) is 0 Å². The maximum absolute atomic E-state index is 9.55. The molecule has 0 aliphatic carbocycles. The van der Waals surface area contributed by atoms with Gasteiger partial charge in [-0.2, -0.15) is 5.26 Å². The van der Waals surface area contributed by atoms with E-state index in [9.17, 15) is 15.1 Å². The van der Waals surface area contributed by atoms with Crippen LogP contribution in [0.1, 0.15) is 12.8 Å². The van der Waals surface area contributed by atoms with Gasteiger partial charge in [0.1, 0.15) is 12.2 Å². The number of hydrogen-bond donors (Lipinski definition) is 4. The van der Waals surface area contributed by atoms with E-state index in [1.807, 2.05) is 6.07 Å². The molecule has 18 heavy (non-hydrogen) atoms. The van der Waals surface area contributed by atoms with E-state index in [0.29, 0.717) is 0 Å². The number of ether oxygens (including phenoxy) is 1. The highest BCUT2D eigenvalue weighted by molar-refractivity contribution is 7.40. The van der Waals surface area contributed by atoms with Crippen LogP contribution in [-0.4, -0.2) is 52.9 Å². The van der Waals surface area contributed by atoms with Crippen molar-refractivity contribution >= 4 is 8.60 Å². The second-order valence-electron chi connectivity index (χ2n) is 3.72. The van der Waals surface area contributed by atoms with Gasteiger partial charge >= 0.3 is 8.60 Å². The summed E-state index contributed by atoms with van der Waals surface area (Å²) in [5.41, 5.74) is 5.37. The summed E-state index contributed by atoms with van der Waals surface area (Å²) in [5.74, 6) is 0. The summed E-state index contributed by atoms with van der Waals surface area (Å²) < 4.78 is 15.1. The van der Waals surface area contributed by atoms with Crippen LogP contribution < -0.4 is 5.73 Å². The number of nitriles is 1. The van der Waals surface area contributed by atoms with Gasteiger partial charge in [0.25, 0.3) is 0 Å². The average molecular weight is 280 g/mol. The highest BCUT2D eigenvalue weighted by Gasteiger charge is 2.37. The van der Waals surface area contributed by atoms with Gasteiger partial charge in [-0.25, -0.2) is 0 Å². The minimum atomic E-state index is -2.18. The van der Waals surface area contributed by atoms with Crippen molar-refractivity contribution in [3.63, 3.8) is 0 Å². The van der Waals surface area contributed by atoms with Crippen molar-refractivity contribution in [2.75, 3.05) is 13.2 Å². The third-order valence-electron chi connectivity index (χ3n) is 2.39. The van der Waals surface area contributed by atoms with Crippen LogP contribution in [0.2, 0.25) is 0 Å². The number of nitrogens with zero attached hydrogens (tertiary/aromatic N) is 1. The van der Waals surface area contributed by atoms with Crippen LogP contribution in [0.3, 0.4) is 0 Å². The fraction of sp³-hybridized carbons (Fsp3) is 0.889. The van der Waals surface area contributed by atoms with Gasteiger partial charge in [-0.05, 0) is 0 Å². The Kier molecular flexibility index (Phi) is 6.92. The fourth-order valence-corrected chi connectivity index (χ4v) is 2.12. The van der Waals surface area contributed by atoms with E-state index in [1.165, 1.54) is 0 Å². The third kappa shape index (κ3) is 4.72. The molecule has 1 fully saturated rings. The summed E-state index contributed by atoms with van der Waals surface area (Å²) in [5, 5.41) is 27.4. The Morgan fingerprint density at radius 2 is 2.22 bits per heavy atom. The van der Waals surface area contributed by atoms with E-state index >= 15 is 0 Å². The second kappa shape index (κ2) is 7.94. The molecule has 0 spiro atoms. The Hall–Kier alpha value is -0.360. The van der Waals surface area contributed by atoms with E-state index in [4.69, 9.17) is 24.8 Å². The van der Waals surface area contributed by atoms with Gasteiger partial charge < -0.3 is 30.1 Å². The monoisotopic (exact) mass is 280 g/mol. The Bertz CT molecular complexity index is 289. The highest BCUT2D eigenvalue weighted by atomic mass is 31.2. The van der Waals surface area contributed by atoms with Crippen molar-refractivity contribution in [3.05, 3.63) is 0 Å². The van der Waals surface area contributed by atoms with Gasteiger partial charge in [-0.1, -0.05) is 0 Å². The summed E-state index contributed by atoms with van der Waals surface area (Å²) in [6.45, 7) is 0.0770. The lowest BCUT2D eigenvalue weighted by Gasteiger charge is -2.36. The average Bonchev–Trinajstić information content (AvgIpc) is 2.34. The summed E-state index contributed by atoms with van der Waals surface area (Å²) >= 11 is 0. The SMILES string of the molecule is N#CCCOP(O)O[C@@H]1CC(O)[C@H](O)C(CN)O1. The fourth-order valence-electron chi connectivity index (χ4n) is 1.48. The molecule has 0 aromatic rings. The zero-order valence-electron chi connectivity index (χ0n) is 9.68. The number of aliphatic hydroxyl groups is 2. The number of aliphatic hydroxyl groups excluding tert-OH is 2. The van der Waals surface area contributed by atoms with Crippen molar-refractivity contribution in [2.24, 2.45) is 5.73 Å². The minimum absolute atomic E-state index is 0.0126. The van der Waals surface area contributed by atoms with Crippen LogP contribution >= 0.6 is 8.60 Å². The molecule has 1 rings (SSSR count). The molecule has 5 N–H and O–H groups in total. The van der Waals surface area contributed by atoms with Crippen LogP contribution in [0.4, 0.5) is 0 Å². The predicted molar refractivity (Wildman–Crippen MR) is 60.8 cm³/mol. The number of hydrogen-bond acceptors (Lipinski definition) is 8. The van der Waals surface area contributed by atoms with Crippen LogP contribution in [-0.2, 0) is 13.8 Å². The quantitative estimate of drug-likeness (QED) is 0.357. The molecule has 1 aliphatic rings. The molecule has 104 valence electrons. The molecule has 3 unspecified atom stereocenters. The van der Waals surface area contributed by atoms with Crippen molar-refractivity contribution in [3.8, 4) is 6.07 Å². The lowest BCUT2D eigenvalue weighted by Crippen LogP contribution is -2.51. The van der Waals surface area contributed by atoms with Crippen LogP contribution in [0.5, 0.6) is 0 Å². The number of rotatable bonds is 6. The molecule has 0 radical (unpaired) electrons. The zero-order valence-corrected chi connectivity index (χ0v) is 10.6. The summed E-state index contributed by atoms with van der Waals surface area (Å²) in [4.78, 5) is 9.39. The Balaban J connectivity index is 2.36.